The van der Waals surface area contributed by atoms with Crippen molar-refractivity contribution in [3.8, 4) is 22.5 Å². The zero-order valence-corrected chi connectivity index (χ0v) is 16.9. The van der Waals surface area contributed by atoms with Gasteiger partial charge in [0.2, 0.25) is 0 Å². The lowest BCUT2D eigenvalue weighted by Crippen LogP contribution is -2.10. The highest BCUT2D eigenvalue weighted by Gasteiger charge is 2.13. The van der Waals surface area contributed by atoms with Gasteiger partial charge in [-0.25, -0.2) is 4.98 Å². The Hall–Kier alpha value is -3.51. The van der Waals surface area contributed by atoms with Gasteiger partial charge in [0.05, 0.1) is 11.4 Å². The molecular formula is C23H24N6. The molecule has 4 heterocycles. The highest BCUT2D eigenvalue weighted by Crippen LogP contribution is 2.30. The molecule has 2 N–H and O–H groups in total. The topological polar surface area (TPSA) is 73.5 Å². The Balaban J connectivity index is 1.76. The van der Waals surface area contributed by atoms with Crippen LogP contribution < -0.4 is 0 Å². The number of nitrogens with one attached hydrogen (secondary N) is 2. The molecule has 4 rings (SSSR count). The van der Waals surface area contributed by atoms with Gasteiger partial charge >= 0.3 is 0 Å². The molecule has 4 aromatic heterocycles. The van der Waals surface area contributed by atoms with Crippen LogP contribution in [0.5, 0.6) is 0 Å². The number of H-pyrrole nitrogens is 2. The molecule has 0 aliphatic heterocycles. The maximum Gasteiger partial charge on any atom is 0.181 e. The molecule has 0 spiro atoms. The van der Waals surface area contributed by atoms with E-state index in [0.717, 1.165) is 45.7 Å². The van der Waals surface area contributed by atoms with Crippen molar-refractivity contribution in [2.75, 3.05) is 14.1 Å². The quantitative estimate of drug-likeness (QED) is 0.477. The van der Waals surface area contributed by atoms with Crippen LogP contribution in [0.3, 0.4) is 0 Å². The molecule has 0 radical (unpaired) electrons. The normalized spacial score (nSPS) is 11.7. The molecule has 6 heteroatoms. The van der Waals surface area contributed by atoms with Gasteiger partial charge in [0.1, 0.15) is 0 Å². The summed E-state index contributed by atoms with van der Waals surface area (Å²) in [6.07, 6.45) is 11.4. The third-order valence-corrected chi connectivity index (χ3v) is 4.77. The fourth-order valence-corrected chi connectivity index (χ4v) is 3.41. The zero-order valence-electron chi connectivity index (χ0n) is 16.9. The fourth-order valence-electron chi connectivity index (χ4n) is 3.41. The summed E-state index contributed by atoms with van der Waals surface area (Å²) in [5.74, 6) is 0. The minimum Gasteiger partial charge on any atom is -0.357 e. The molecule has 0 fully saturated rings. The predicted octanol–water partition coefficient (Wildman–Crippen LogP) is 4.58. The highest BCUT2D eigenvalue weighted by atomic mass is 15.2. The number of aromatic nitrogens is 5. The molecule has 29 heavy (non-hydrogen) atoms. The average molecular weight is 384 g/mol. The van der Waals surface area contributed by atoms with Crippen molar-refractivity contribution in [1.29, 1.82) is 0 Å². The molecule has 0 atom stereocenters. The van der Waals surface area contributed by atoms with Crippen LogP contribution in [0.15, 0.2) is 55.5 Å². The summed E-state index contributed by atoms with van der Waals surface area (Å²) >= 11 is 0. The number of hydrogen-bond acceptors (Lipinski definition) is 4. The van der Waals surface area contributed by atoms with E-state index in [2.05, 4.69) is 75.8 Å². The van der Waals surface area contributed by atoms with Crippen molar-refractivity contribution in [2.45, 2.75) is 13.5 Å². The number of allylic oxidation sites excluding steroid dienone is 2. The molecule has 0 bridgehead atoms. The van der Waals surface area contributed by atoms with Crippen molar-refractivity contribution in [2.24, 2.45) is 0 Å². The second-order valence-corrected chi connectivity index (χ2v) is 7.37. The van der Waals surface area contributed by atoms with Crippen LogP contribution in [0.2, 0.25) is 0 Å². The minimum absolute atomic E-state index is 0.691. The number of aromatic amines is 2. The van der Waals surface area contributed by atoms with Crippen LogP contribution in [0.25, 0.3) is 39.6 Å². The van der Waals surface area contributed by atoms with Crippen molar-refractivity contribution in [3.05, 3.63) is 72.3 Å². The molecule has 0 aliphatic carbocycles. The van der Waals surface area contributed by atoms with Crippen molar-refractivity contribution < 1.29 is 0 Å². The Morgan fingerprint density at radius 2 is 1.93 bits per heavy atom. The maximum atomic E-state index is 4.55. The minimum atomic E-state index is 0.691. The third kappa shape index (κ3) is 3.88. The second kappa shape index (κ2) is 7.85. The number of nitrogens with zero attached hydrogens (tertiary/aromatic N) is 4. The van der Waals surface area contributed by atoms with Gasteiger partial charge < -0.3 is 9.88 Å². The van der Waals surface area contributed by atoms with Gasteiger partial charge in [0, 0.05) is 47.3 Å². The number of rotatable bonds is 6. The summed E-state index contributed by atoms with van der Waals surface area (Å²) in [6, 6.07) is 6.38. The summed E-state index contributed by atoms with van der Waals surface area (Å²) in [5.41, 5.74) is 8.03. The third-order valence-electron chi connectivity index (χ3n) is 4.77. The zero-order chi connectivity index (χ0) is 20.4. The predicted molar refractivity (Wildman–Crippen MR) is 118 cm³/mol. The first kappa shape index (κ1) is 18.8. The molecule has 0 aliphatic rings. The molecular weight excluding hydrogens is 360 g/mol. The van der Waals surface area contributed by atoms with Crippen molar-refractivity contribution >= 4 is 17.1 Å². The van der Waals surface area contributed by atoms with Crippen molar-refractivity contribution in [1.82, 2.24) is 30.0 Å². The highest BCUT2D eigenvalue weighted by molar-refractivity contribution is 5.93. The van der Waals surface area contributed by atoms with Gasteiger partial charge in [0.25, 0.3) is 0 Å². The first-order chi connectivity index (χ1) is 14.0. The first-order valence-electron chi connectivity index (χ1n) is 9.47. The van der Waals surface area contributed by atoms with Crippen LogP contribution >= 0.6 is 0 Å². The van der Waals surface area contributed by atoms with Crippen LogP contribution in [-0.4, -0.2) is 44.1 Å². The maximum absolute atomic E-state index is 4.55. The fraction of sp³-hybridized carbons (Fsp3) is 0.174. The summed E-state index contributed by atoms with van der Waals surface area (Å²) in [6.45, 7) is 6.63. The van der Waals surface area contributed by atoms with Crippen LogP contribution in [-0.2, 0) is 6.54 Å². The van der Waals surface area contributed by atoms with E-state index < -0.39 is 0 Å². The number of pyridine rings is 2. The van der Waals surface area contributed by atoms with Gasteiger partial charge in [-0.05, 0) is 50.3 Å². The lowest BCUT2D eigenvalue weighted by molar-refractivity contribution is 0.402. The smallest absolute Gasteiger partial charge is 0.181 e. The molecule has 0 saturated carbocycles. The molecule has 146 valence electrons. The lowest BCUT2D eigenvalue weighted by Gasteiger charge is -2.10. The number of fused-ring (bicyclic) bond motifs is 1. The summed E-state index contributed by atoms with van der Waals surface area (Å²) in [5, 5.41) is 8.48. The van der Waals surface area contributed by atoms with Gasteiger partial charge in [0.15, 0.2) is 5.65 Å². The SMILES string of the molecule is C=C/C=C\c1cc(-c2[nH]nc3ncc(-c4cncc(CN(C)C)c4)cc23)[nH]c1C. The average Bonchev–Trinajstić information content (AvgIpc) is 3.28. The van der Waals surface area contributed by atoms with Crippen LogP contribution in [0.4, 0.5) is 0 Å². The standard InChI is InChI=1S/C23H24N6/c1-5-6-7-17-10-21(26-15(17)2)22-20-9-19(13-25-23(20)28-27-22)18-8-16(11-24-12-18)14-29(3)4/h5-13,26H,1,14H2,2-4H3,(H,25,27,28)/b7-6-. The van der Waals surface area contributed by atoms with Crippen LogP contribution in [0.1, 0.15) is 16.8 Å². The van der Waals surface area contributed by atoms with E-state index in [9.17, 15) is 0 Å². The molecule has 4 aromatic rings. The van der Waals surface area contributed by atoms with E-state index in [1.54, 1.807) is 6.08 Å². The first-order valence-corrected chi connectivity index (χ1v) is 9.47. The lowest BCUT2D eigenvalue weighted by atomic mass is 10.1. The Bertz CT molecular complexity index is 1200. The van der Waals surface area contributed by atoms with Gasteiger partial charge in [-0.2, -0.15) is 5.10 Å². The van der Waals surface area contributed by atoms with E-state index in [1.165, 1.54) is 5.56 Å². The molecule has 0 aromatic carbocycles. The second-order valence-electron chi connectivity index (χ2n) is 7.37. The van der Waals surface area contributed by atoms with E-state index in [-0.39, 0.29) is 0 Å². The van der Waals surface area contributed by atoms with E-state index in [1.807, 2.05) is 30.7 Å². The number of aryl methyl sites for hydroxylation is 1. The van der Waals surface area contributed by atoms with E-state index in [4.69, 9.17) is 0 Å². The Kier molecular flexibility index (Phi) is 5.10. The van der Waals surface area contributed by atoms with Gasteiger partial charge in [-0.1, -0.05) is 24.8 Å². The summed E-state index contributed by atoms with van der Waals surface area (Å²) < 4.78 is 0. The Morgan fingerprint density at radius 3 is 2.72 bits per heavy atom. The molecule has 6 nitrogen and oxygen atoms in total. The molecule has 0 amide bonds. The monoisotopic (exact) mass is 384 g/mol. The van der Waals surface area contributed by atoms with Crippen LogP contribution in [0, 0.1) is 6.92 Å². The Morgan fingerprint density at radius 1 is 1.10 bits per heavy atom. The molecule has 0 unspecified atom stereocenters. The van der Waals surface area contributed by atoms with Gasteiger partial charge in [-0.15, -0.1) is 0 Å². The summed E-state index contributed by atoms with van der Waals surface area (Å²) in [4.78, 5) is 14.5. The Labute approximate surface area is 170 Å². The van der Waals surface area contributed by atoms with Crippen molar-refractivity contribution in [3.63, 3.8) is 0 Å². The van der Waals surface area contributed by atoms with E-state index >= 15 is 0 Å². The summed E-state index contributed by atoms with van der Waals surface area (Å²) in [7, 11) is 4.10. The molecule has 0 saturated heterocycles. The largest absolute Gasteiger partial charge is 0.357 e. The van der Waals surface area contributed by atoms with Gasteiger partial charge in [-0.3, -0.25) is 10.1 Å². The van der Waals surface area contributed by atoms with E-state index in [0.29, 0.717) is 5.65 Å². The number of hydrogen-bond donors (Lipinski definition) is 2.